The first-order chi connectivity index (χ1) is 9.45. The molecule has 0 bridgehead atoms. The molecule has 0 heterocycles. The first-order valence-electron chi connectivity index (χ1n) is 6.39. The number of fused-ring (bicyclic) bond motifs is 1. The number of carbonyl (C=O) groups excluding carboxylic acids is 1. The van der Waals surface area contributed by atoms with Gasteiger partial charge in [0.05, 0.1) is 11.6 Å². The largest absolute Gasteiger partial charge is 0.372 e. The van der Waals surface area contributed by atoms with Crippen molar-refractivity contribution in [3.05, 3.63) is 35.4 Å². The third-order valence-electron chi connectivity index (χ3n) is 3.47. The summed E-state index contributed by atoms with van der Waals surface area (Å²) < 4.78 is 28.1. The van der Waals surface area contributed by atoms with Crippen LogP contribution in [0.15, 0.2) is 24.3 Å². The van der Waals surface area contributed by atoms with Crippen LogP contribution in [0.1, 0.15) is 25.0 Å². The fourth-order valence-electron chi connectivity index (χ4n) is 2.34. The molecular weight excluding hydrogens is 262 g/mol. The Morgan fingerprint density at radius 3 is 2.50 bits per heavy atom. The Bertz CT molecular complexity index is 625. The molecule has 1 aromatic rings. The monoisotopic (exact) mass is 276 g/mol. The fourth-order valence-corrected chi connectivity index (χ4v) is 2.34. The van der Waals surface area contributed by atoms with E-state index in [0.717, 1.165) is 6.08 Å². The number of anilines is 1. The van der Waals surface area contributed by atoms with Crippen LogP contribution < -0.4 is 4.90 Å². The molecule has 0 spiro atoms. The number of alkyl halides is 2. The Morgan fingerprint density at radius 1 is 1.30 bits per heavy atom. The number of carbonyl (C=O) groups is 1. The van der Waals surface area contributed by atoms with E-state index in [-0.39, 0.29) is 16.7 Å². The van der Waals surface area contributed by atoms with Gasteiger partial charge in [-0.15, -0.1) is 0 Å². The van der Waals surface area contributed by atoms with Crippen molar-refractivity contribution in [1.29, 1.82) is 5.26 Å². The lowest BCUT2D eigenvalue weighted by Crippen LogP contribution is -2.30. The summed E-state index contributed by atoms with van der Waals surface area (Å²) in [6.45, 7) is 5.20. The van der Waals surface area contributed by atoms with Crippen molar-refractivity contribution in [1.82, 2.24) is 0 Å². The van der Waals surface area contributed by atoms with Gasteiger partial charge in [-0.2, -0.15) is 14.0 Å². The van der Waals surface area contributed by atoms with Gasteiger partial charge in [-0.1, -0.05) is 6.07 Å². The summed E-state index contributed by atoms with van der Waals surface area (Å²) in [5.41, 5.74) is 0.362. The van der Waals surface area contributed by atoms with Crippen LogP contribution in [0.3, 0.4) is 0 Å². The Balaban J connectivity index is 2.63. The number of halogens is 2. The minimum atomic E-state index is -3.57. The van der Waals surface area contributed by atoms with E-state index in [0.29, 0.717) is 18.8 Å². The van der Waals surface area contributed by atoms with E-state index < -0.39 is 11.7 Å². The minimum absolute atomic E-state index is 0.0120. The van der Waals surface area contributed by atoms with Gasteiger partial charge in [0.15, 0.2) is 0 Å². The van der Waals surface area contributed by atoms with E-state index in [1.165, 1.54) is 12.1 Å². The number of hydrogen-bond acceptors (Lipinski definition) is 3. The van der Waals surface area contributed by atoms with Crippen LogP contribution in [0, 0.1) is 11.3 Å². The van der Waals surface area contributed by atoms with Crippen molar-refractivity contribution in [3.8, 4) is 6.07 Å². The van der Waals surface area contributed by atoms with Crippen LogP contribution in [-0.4, -0.2) is 18.9 Å². The van der Waals surface area contributed by atoms with Crippen LogP contribution in [0.5, 0.6) is 0 Å². The van der Waals surface area contributed by atoms with Crippen LogP contribution in [0.4, 0.5) is 14.5 Å². The highest BCUT2D eigenvalue weighted by molar-refractivity contribution is 6.08. The van der Waals surface area contributed by atoms with Crippen molar-refractivity contribution in [2.24, 2.45) is 0 Å². The lowest BCUT2D eigenvalue weighted by atomic mass is 9.87. The Morgan fingerprint density at radius 2 is 1.95 bits per heavy atom. The van der Waals surface area contributed by atoms with Crippen molar-refractivity contribution in [2.45, 2.75) is 19.8 Å². The Kier molecular flexibility index (Phi) is 3.58. The van der Waals surface area contributed by atoms with Crippen molar-refractivity contribution in [3.63, 3.8) is 0 Å². The van der Waals surface area contributed by atoms with Crippen LogP contribution in [0.25, 0.3) is 5.57 Å². The third-order valence-corrected chi connectivity index (χ3v) is 3.47. The predicted octanol–water partition coefficient (Wildman–Crippen LogP) is 3.11. The van der Waals surface area contributed by atoms with Crippen molar-refractivity contribution >= 4 is 17.0 Å². The summed E-state index contributed by atoms with van der Waals surface area (Å²) in [5.74, 6) is -4.91. The molecule has 3 nitrogen and oxygen atoms in total. The number of allylic oxidation sites excluding steroid dienone is 2. The van der Waals surface area contributed by atoms with E-state index in [1.807, 2.05) is 18.7 Å². The Labute approximate surface area is 116 Å². The number of nitriles is 1. The quantitative estimate of drug-likeness (QED) is 0.852. The maximum atomic E-state index is 14.0. The molecule has 20 heavy (non-hydrogen) atoms. The summed E-state index contributed by atoms with van der Waals surface area (Å²) in [5, 5.41) is 8.97. The van der Waals surface area contributed by atoms with E-state index >= 15 is 0 Å². The number of ketones is 1. The molecule has 0 amide bonds. The SMILES string of the molecule is CCN(CC)c1ccc2c(c1)C(F)(F)C(=O)C=C2C#N. The maximum Gasteiger partial charge on any atom is 0.335 e. The molecule has 0 atom stereocenters. The zero-order valence-electron chi connectivity index (χ0n) is 11.3. The molecule has 0 saturated heterocycles. The molecule has 0 N–H and O–H groups in total. The normalized spacial score (nSPS) is 16.1. The average molecular weight is 276 g/mol. The zero-order chi connectivity index (χ0) is 14.9. The summed E-state index contributed by atoms with van der Waals surface area (Å²) in [6, 6.07) is 6.29. The van der Waals surface area contributed by atoms with Crippen LogP contribution in [0.2, 0.25) is 0 Å². The van der Waals surface area contributed by atoms with Gasteiger partial charge in [0.2, 0.25) is 5.78 Å². The van der Waals surface area contributed by atoms with Gasteiger partial charge in [0.25, 0.3) is 0 Å². The molecule has 104 valence electrons. The summed E-state index contributed by atoms with van der Waals surface area (Å²) in [4.78, 5) is 13.4. The minimum Gasteiger partial charge on any atom is -0.372 e. The van der Waals surface area contributed by atoms with Gasteiger partial charge in [0, 0.05) is 36.0 Å². The number of hydrogen-bond donors (Lipinski definition) is 0. The molecule has 1 aromatic carbocycles. The van der Waals surface area contributed by atoms with Gasteiger partial charge in [-0.3, -0.25) is 4.79 Å². The maximum absolute atomic E-state index is 14.0. The summed E-state index contributed by atoms with van der Waals surface area (Å²) in [7, 11) is 0. The average Bonchev–Trinajstić information content (AvgIpc) is 2.44. The van der Waals surface area contributed by atoms with E-state index in [2.05, 4.69) is 0 Å². The number of nitrogens with zero attached hydrogens (tertiary/aromatic N) is 2. The van der Waals surface area contributed by atoms with Crippen LogP contribution in [-0.2, 0) is 10.7 Å². The second-order valence-electron chi connectivity index (χ2n) is 4.51. The fraction of sp³-hybridized carbons (Fsp3) is 0.333. The molecule has 0 fully saturated rings. The predicted molar refractivity (Wildman–Crippen MR) is 72.5 cm³/mol. The molecule has 0 saturated carbocycles. The molecule has 0 unspecified atom stereocenters. The van der Waals surface area contributed by atoms with Gasteiger partial charge in [-0.05, 0) is 26.0 Å². The second kappa shape index (κ2) is 5.04. The second-order valence-corrected chi connectivity index (χ2v) is 4.51. The van der Waals surface area contributed by atoms with E-state index in [9.17, 15) is 13.6 Å². The highest BCUT2D eigenvalue weighted by Gasteiger charge is 2.45. The topological polar surface area (TPSA) is 44.1 Å². The first-order valence-corrected chi connectivity index (χ1v) is 6.39. The number of rotatable bonds is 3. The van der Waals surface area contributed by atoms with Gasteiger partial charge < -0.3 is 4.90 Å². The smallest absolute Gasteiger partial charge is 0.335 e. The molecule has 0 radical (unpaired) electrons. The molecule has 2 rings (SSSR count). The Hall–Kier alpha value is -2.22. The highest BCUT2D eigenvalue weighted by atomic mass is 19.3. The summed E-state index contributed by atoms with van der Waals surface area (Å²) >= 11 is 0. The standard InChI is InChI=1S/C15H14F2N2O/c1-3-19(4-2)11-5-6-12-10(9-18)7-14(20)15(16,17)13(12)8-11/h5-8H,3-4H2,1-2H3. The number of benzene rings is 1. The molecule has 1 aliphatic carbocycles. The van der Waals surface area contributed by atoms with Gasteiger partial charge in [0.1, 0.15) is 0 Å². The van der Waals surface area contributed by atoms with Crippen molar-refractivity contribution < 1.29 is 13.6 Å². The molecule has 0 aliphatic heterocycles. The highest BCUT2D eigenvalue weighted by Crippen LogP contribution is 2.41. The van der Waals surface area contributed by atoms with Gasteiger partial charge >= 0.3 is 5.92 Å². The summed E-state index contributed by atoms with van der Waals surface area (Å²) in [6.07, 6.45) is 0.722. The van der Waals surface area contributed by atoms with Crippen LogP contribution >= 0.6 is 0 Å². The lowest BCUT2D eigenvalue weighted by Gasteiger charge is -2.26. The first kappa shape index (κ1) is 14.2. The van der Waals surface area contributed by atoms with Crippen molar-refractivity contribution in [2.75, 3.05) is 18.0 Å². The lowest BCUT2D eigenvalue weighted by molar-refractivity contribution is -0.139. The molecular formula is C15H14F2N2O. The third kappa shape index (κ3) is 2.07. The van der Waals surface area contributed by atoms with E-state index in [1.54, 1.807) is 12.1 Å². The zero-order valence-corrected chi connectivity index (χ0v) is 11.3. The molecule has 1 aliphatic rings. The molecule has 5 heteroatoms. The molecule has 0 aromatic heterocycles. The van der Waals surface area contributed by atoms with E-state index in [4.69, 9.17) is 5.26 Å². The van der Waals surface area contributed by atoms with Gasteiger partial charge in [-0.25, -0.2) is 0 Å².